The van der Waals surface area contributed by atoms with Crippen molar-refractivity contribution < 1.29 is 19.0 Å². The lowest BCUT2D eigenvalue weighted by Crippen LogP contribution is -2.35. The largest absolute Gasteiger partial charge is 0.369 e. The first-order valence-electron chi connectivity index (χ1n) is 7.86. The Morgan fingerprint density at radius 1 is 1.43 bits per heavy atom. The Hall–Kier alpha value is -0.300. The third-order valence-corrected chi connectivity index (χ3v) is 3.87. The summed E-state index contributed by atoms with van der Waals surface area (Å²) >= 11 is 1.77. The molecule has 1 rings (SSSR count). The van der Waals surface area contributed by atoms with E-state index in [1.165, 1.54) is 0 Å². The average Bonchev–Trinajstić information content (AvgIpc) is 2.48. The van der Waals surface area contributed by atoms with Gasteiger partial charge in [0.2, 0.25) is 5.91 Å². The normalized spacial score (nSPS) is 22.2. The van der Waals surface area contributed by atoms with Crippen LogP contribution in [0.2, 0.25) is 0 Å². The lowest BCUT2D eigenvalue weighted by atomic mass is 10.1. The Balaban J connectivity index is 2.07. The Bertz CT molecular complexity index is 278. The molecule has 0 saturated carbocycles. The van der Waals surface area contributed by atoms with E-state index in [-0.39, 0.29) is 24.9 Å². The van der Waals surface area contributed by atoms with Gasteiger partial charge < -0.3 is 19.5 Å². The van der Waals surface area contributed by atoms with E-state index >= 15 is 0 Å². The van der Waals surface area contributed by atoms with E-state index in [1.54, 1.807) is 11.8 Å². The highest BCUT2D eigenvalue weighted by Crippen LogP contribution is 2.20. The number of nitrogens with one attached hydrogen (secondary N) is 1. The third-order valence-electron chi connectivity index (χ3n) is 3.29. The Morgan fingerprint density at radius 3 is 3.05 bits per heavy atom. The minimum atomic E-state index is -0.113. The van der Waals surface area contributed by atoms with Crippen LogP contribution in [0.1, 0.15) is 39.0 Å². The standard InChI is InChI=1S/C15H29NO4S/c1-3-4-8-16-14(17)12-18-11-13-6-5-7-15(20-13)19-9-10-21-2/h13,15H,3-12H2,1-2H3,(H,16,17). The molecule has 0 bridgehead atoms. The highest BCUT2D eigenvalue weighted by molar-refractivity contribution is 7.98. The van der Waals surface area contributed by atoms with Gasteiger partial charge in [-0.1, -0.05) is 13.3 Å². The zero-order chi connectivity index (χ0) is 15.3. The Labute approximate surface area is 132 Å². The van der Waals surface area contributed by atoms with E-state index in [4.69, 9.17) is 14.2 Å². The second kappa shape index (κ2) is 12.3. The summed E-state index contributed by atoms with van der Waals surface area (Å²) in [6.45, 7) is 4.12. The zero-order valence-electron chi connectivity index (χ0n) is 13.3. The van der Waals surface area contributed by atoms with Crippen LogP contribution in [0.5, 0.6) is 0 Å². The number of ether oxygens (including phenoxy) is 3. The summed E-state index contributed by atoms with van der Waals surface area (Å²) in [5.74, 6) is 0.936. The van der Waals surface area contributed by atoms with E-state index in [2.05, 4.69) is 18.5 Å². The highest BCUT2D eigenvalue weighted by atomic mass is 32.2. The number of hydrogen-bond donors (Lipinski definition) is 1. The van der Waals surface area contributed by atoms with Crippen molar-refractivity contribution in [3.8, 4) is 0 Å². The van der Waals surface area contributed by atoms with Crippen molar-refractivity contribution in [1.29, 1.82) is 0 Å². The highest BCUT2D eigenvalue weighted by Gasteiger charge is 2.23. The first-order chi connectivity index (χ1) is 10.3. The van der Waals surface area contributed by atoms with Gasteiger partial charge in [0.25, 0.3) is 0 Å². The van der Waals surface area contributed by atoms with Crippen LogP contribution in [-0.2, 0) is 19.0 Å². The fourth-order valence-corrected chi connectivity index (χ4v) is 2.37. The summed E-state index contributed by atoms with van der Waals surface area (Å²) < 4.78 is 16.9. The van der Waals surface area contributed by atoms with E-state index in [9.17, 15) is 4.79 Å². The molecule has 1 amide bonds. The number of carbonyl (C=O) groups is 1. The van der Waals surface area contributed by atoms with Crippen LogP contribution >= 0.6 is 11.8 Å². The van der Waals surface area contributed by atoms with Gasteiger partial charge in [0, 0.05) is 12.3 Å². The minimum Gasteiger partial charge on any atom is -0.369 e. The molecule has 1 heterocycles. The molecule has 1 N–H and O–H groups in total. The molecule has 21 heavy (non-hydrogen) atoms. The van der Waals surface area contributed by atoms with Gasteiger partial charge in [-0.25, -0.2) is 0 Å². The van der Waals surface area contributed by atoms with Gasteiger partial charge in [-0.2, -0.15) is 11.8 Å². The molecule has 0 aromatic rings. The molecule has 2 atom stereocenters. The molecule has 0 aromatic carbocycles. The van der Waals surface area contributed by atoms with Crippen molar-refractivity contribution in [1.82, 2.24) is 5.32 Å². The molecule has 124 valence electrons. The van der Waals surface area contributed by atoms with Gasteiger partial charge in [-0.3, -0.25) is 4.79 Å². The van der Waals surface area contributed by atoms with E-state index in [1.807, 2.05) is 0 Å². The van der Waals surface area contributed by atoms with Gasteiger partial charge in [0.05, 0.1) is 19.3 Å². The summed E-state index contributed by atoms with van der Waals surface area (Å²) in [5.41, 5.74) is 0. The van der Waals surface area contributed by atoms with Crippen molar-refractivity contribution in [2.45, 2.75) is 51.4 Å². The maximum atomic E-state index is 11.5. The summed E-state index contributed by atoms with van der Waals surface area (Å²) in [6.07, 6.45) is 7.08. The monoisotopic (exact) mass is 319 g/mol. The predicted molar refractivity (Wildman–Crippen MR) is 85.6 cm³/mol. The van der Waals surface area contributed by atoms with Gasteiger partial charge in [0.15, 0.2) is 6.29 Å². The van der Waals surface area contributed by atoms with Crippen LogP contribution in [0.15, 0.2) is 0 Å². The number of thioether (sulfide) groups is 1. The van der Waals surface area contributed by atoms with Crippen LogP contribution in [-0.4, -0.2) is 56.7 Å². The lowest BCUT2D eigenvalue weighted by Gasteiger charge is -2.29. The van der Waals surface area contributed by atoms with Gasteiger partial charge in [0.1, 0.15) is 6.61 Å². The molecule has 1 aliphatic rings. The first-order valence-corrected chi connectivity index (χ1v) is 9.26. The zero-order valence-corrected chi connectivity index (χ0v) is 14.1. The molecule has 1 fully saturated rings. The van der Waals surface area contributed by atoms with Crippen molar-refractivity contribution in [3.05, 3.63) is 0 Å². The number of amides is 1. The van der Waals surface area contributed by atoms with Crippen LogP contribution in [0.4, 0.5) is 0 Å². The average molecular weight is 319 g/mol. The smallest absolute Gasteiger partial charge is 0.245 e. The predicted octanol–water partition coefficient (Wildman–Crippen LogP) is 2.19. The van der Waals surface area contributed by atoms with Crippen molar-refractivity contribution >= 4 is 17.7 Å². The minimum absolute atomic E-state index is 0.0430. The van der Waals surface area contributed by atoms with E-state index < -0.39 is 0 Å². The van der Waals surface area contributed by atoms with Crippen LogP contribution in [0.25, 0.3) is 0 Å². The van der Waals surface area contributed by atoms with Crippen molar-refractivity contribution in [2.24, 2.45) is 0 Å². The van der Waals surface area contributed by atoms with Crippen LogP contribution in [0.3, 0.4) is 0 Å². The molecule has 6 heteroatoms. The van der Waals surface area contributed by atoms with Crippen molar-refractivity contribution in [2.75, 3.05) is 38.4 Å². The fourth-order valence-electron chi connectivity index (χ4n) is 2.11. The SMILES string of the molecule is CCCCNC(=O)COCC1CCCC(OCCSC)O1. The maximum absolute atomic E-state index is 11.5. The van der Waals surface area contributed by atoms with Gasteiger partial charge in [-0.05, 0) is 31.9 Å². The summed E-state index contributed by atoms with van der Waals surface area (Å²) in [4.78, 5) is 11.5. The summed E-state index contributed by atoms with van der Waals surface area (Å²) in [6, 6.07) is 0. The number of hydrogen-bond acceptors (Lipinski definition) is 5. The summed E-state index contributed by atoms with van der Waals surface area (Å²) in [5, 5.41) is 2.83. The molecule has 2 unspecified atom stereocenters. The van der Waals surface area contributed by atoms with Gasteiger partial charge >= 0.3 is 0 Å². The third kappa shape index (κ3) is 9.34. The molecule has 0 radical (unpaired) electrons. The Kier molecular flexibility index (Phi) is 10.9. The topological polar surface area (TPSA) is 56.8 Å². The van der Waals surface area contributed by atoms with E-state index in [0.717, 1.165) is 51.0 Å². The molecule has 0 aliphatic carbocycles. The molecule has 5 nitrogen and oxygen atoms in total. The molecule has 1 aliphatic heterocycles. The molecule has 1 saturated heterocycles. The van der Waals surface area contributed by atoms with Crippen LogP contribution in [0, 0.1) is 0 Å². The Morgan fingerprint density at radius 2 is 2.29 bits per heavy atom. The second-order valence-electron chi connectivity index (χ2n) is 5.20. The maximum Gasteiger partial charge on any atom is 0.245 e. The molecule has 0 aromatic heterocycles. The van der Waals surface area contributed by atoms with Crippen molar-refractivity contribution in [3.63, 3.8) is 0 Å². The quantitative estimate of drug-likeness (QED) is 0.592. The second-order valence-corrected chi connectivity index (χ2v) is 6.19. The first kappa shape index (κ1) is 18.7. The van der Waals surface area contributed by atoms with E-state index in [0.29, 0.717) is 6.61 Å². The number of unbranched alkanes of at least 4 members (excludes halogenated alkanes) is 1. The number of rotatable bonds is 11. The fraction of sp³-hybridized carbons (Fsp3) is 0.933. The molecule has 0 spiro atoms. The van der Waals surface area contributed by atoms with Gasteiger partial charge in [-0.15, -0.1) is 0 Å². The molecular weight excluding hydrogens is 290 g/mol. The molecular formula is C15H29NO4S. The van der Waals surface area contributed by atoms with Crippen LogP contribution < -0.4 is 5.32 Å². The lowest BCUT2D eigenvalue weighted by molar-refractivity contribution is -0.201. The number of carbonyl (C=O) groups excluding carboxylic acids is 1. The summed E-state index contributed by atoms with van der Waals surface area (Å²) in [7, 11) is 0.